The van der Waals surface area contributed by atoms with Crippen LogP contribution in [0.3, 0.4) is 0 Å². The summed E-state index contributed by atoms with van der Waals surface area (Å²) in [5, 5.41) is 1.03. The number of ether oxygens (including phenoxy) is 2. The minimum Gasteiger partial charge on any atom is -0.459 e. The van der Waals surface area contributed by atoms with Gasteiger partial charge in [0.05, 0.1) is 18.8 Å². The highest BCUT2D eigenvalue weighted by molar-refractivity contribution is 6.04. The van der Waals surface area contributed by atoms with Crippen LogP contribution in [-0.4, -0.2) is 25.3 Å². The summed E-state index contributed by atoms with van der Waals surface area (Å²) in [4.78, 5) is 12.3. The Bertz CT molecular complexity index is 633. The molecule has 20 heavy (non-hydrogen) atoms. The number of halogens is 1. The normalized spacial score (nSPS) is 16.2. The number of esters is 1. The molecule has 1 saturated heterocycles. The second-order valence-electron chi connectivity index (χ2n) is 4.86. The molecule has 2 aromatic rings. The van der Waals surface area contributed by atoms with Gasteiger partial charge >= 0.3 is 5.97 Å². The number of carbonyl (C=O) groups excluding carboxylic acids is 1. The fourth-order valence-electron chi connectivity index (χ4n) is 2.45. The van der Waals surface area contributed by atoms with E-state index in [9.17, 15) is 9.18 Å². The molecule has 0 radical (unpaired) electrons. The van der Waals surface area contributed by atoms with Crippen LogP contribution in [0.25, 0.3) is 10.8 Å². The Morgan fingerprint density at radius 1 is 1.10 bits per heavy atom. The Hall–Kier alpha value is -1.94. The molecule has 4 heteroatoms. The molecule has 0 aliphatic carbocycles. The summed E-state index contributed by atoms with van der Waals surface area (Å²) < 4.78 is 24.4. The third-order valence-corrected chi connectivity index (χ3v) is 3.53. The van der Waals surface area contributed by atoms with Crippen molar-refractivity contribution in [2.45, 2.75) is 18.9 Å². The summed E-state index contributed by atoms with van der Waals surface area (Å²) >= 11 is 0. The molecule has 3 rings (SSSR count). The first-order valence-electron chi connectivity index (χ1n) is 6.71. The lowest BCUT2D eigenvalue weighted by atomic mass is 10.0. The molecule has 2 aromatic carbocycles. The number of carbonyl (C=O) groups is 1. The summed E-state index contributed by atoms with van der Waals surface area (Å²) in [5.41, 5.74) is 0.411. The zero-order valence-corrected chi connectivity index (χ0v) is 11.0. The third kappa shape index (κ3) is 2.51. The van der Waals surface area contributed by atoms with Gasteiger partial charge in [-0.05, 0) is 17.5 Å². The molecule has 0 bridgehead atoms. The number of benzene rings is 2. The van der Waals surface area contributed by atoms with Gasteiger partial charge in [0, 0.05) is 18.2 Å². The van der Waals surface area contributed by atoms with Crippen LogP contribution < -0.4 is 0 Å². The third-order valence-electron chi connectivity index (χ3n) is 3.53. The van der Waals surface area contributed by atoms with E-state index in [-0.39, 0.29) is 11.9 Å². The van der Waals surface area contributed by atoms with E-state index in [4.69, 9.17) is 9.47 Å². The number of hydrogen-bond acceptors (Lipinski definition) is 3. The van der Waals surface area contributed by atoms with Crippen molar-refractivity contribution >= 4 is 16.7 Å². The van der Waals surface area contributed by atoms with Gasteiger partial charge in [0.15, 0.2) is 0 Å². The maximum Gasteiger partial charge on any atom is 0.339 e. The summed E-state index contributed by atoms with van der Waals surface area (Å²) in [7, 11) is 0. The molecular weight excluding hydrogens is 259 g/mol. The average molecular weight is 274 g/mol. The highest BCUT2D eigenvalue weighted by atomic mass is 19.1. The Kier molecular flexibility index (Phi) is 3.65. The van der Waals surface area contributed by atoms with Gasteiger partial charge in [-0.15, -0.1) is 0 Å². The Morgan fingerprint density at radius 2 is 1.80 bits per heavy atom. The first kappa shape index (κ1) is 13.1. The van der Waals surface area contributed by atoms with Crippen molar-refractivity contribution in [1.29, 1.82) is 0 Å². The van der Waals surface area contributed by atoms with Gasteiger partial charge in [-0.1, -0.05) is 24.3 Å². The van der Waals surface area contributed by atoms with Crippen molar-refractivity contribution in [1.82, 2.24) is 0 Å². The first-order chi connectivity index (χ1) is 9.75. The first-order valence-corrected chi connectivity index (χ1v) is 6.71. The van der Waals surface area contributed by atoms with Crippen molar-refractivity contribution in [3.05, 3.63) is 47.8 Å². The average Bonchev–Trinajstić information content (AvgIpc) is 2.49. The van der Waals surface area contributed by atoms with Crippen LogP contribution in [-0.2, 0) is 9.47 Å². The van der Waals surface area contributed by atoms with E-state index < -0.39 is 5.97 Å². The number of rotatable bonds is 2. The molecule has 1 fully saturated rings. The predicted molar refractivity (Wildman–Crippen MR) is 73.2 cm³/mol. The molecule has 0 amide bonds. The zero-order chi connectivity index (χ0) is 13.9. The van der Waals surface area contributed by atoms with Gasteiger partial charge in [-0.25, -0.2) is 9.18 Å². The topological polar surface area (TPSA) is 35.5 Å². The van der Waals surface area contributed by atoms with Crippen LogP contribution >= 0.6 is 0 Å². The van der Waals surface area contributed by atoms with Crippen molar-refractivity contribution < 1.29 is 18.7 Å². The molecule has 0 spiro atoms. The Labute approximate surface area is 116 Å². The monoisotopic (exact) mass is 274 g/mol. The molecule has 104 valence electrons. The zero-order valence-electron chi connectivity index (χ0n) is 11.0. The largest absolute Gasteiger partial charge is 0.459 e. The molecule has 0 N–H and O–H groups in total. The molecule has 1 heterocycles. The van der Waals surface area contributed by atoms with E-state index in [1.165, 1.54) is 12.1 Å². The van der Waals surface area contributed by atoms with Gasteiger partial charge in [0.25, 0.3) is 0 Å². The summed E-state index contributed by atoms with van der Waals surface area (Å²) in [6.07, 6.45) is 1.32. The lowest BCUT2D eigenvalue weighted by Crippen LogP contribution is -2.26. The van der Waals surface area contributed by atoms with Gasteiger partial charge in [-0.2, -0.15) is 0 Å². The van der Waals surface area contributed by atoms with Crippen molar-refractivity contribution in [3.8, 4) is 0 Å². The number of hydrogen-bond donors (Lipinski definition) is 0. The highest BCUT2D eigenvalue weighted by Crippen LogP contribution is 2.23. The van der Waals surface area contributed by atoms with Crippen LogP contribution in [0.2, 0.25) is 0 Å². The van der Waals surface area contributed by atoms with Crippen LogP contribution in [0.15, 0.2) is 36.4 Å². The second kappa shape index (κ2) is 5.59. The minimum absolute atomic E-state index is 0.111. The Balaban J connectivity index is 1.89. The van der Waals surface area contributed by atoms with E-state index in [1.54, 1.807) is 24.3 Å². The van der Waals surface area contributed by atoms with E-state index >= 15 is 0 Å². The van der Waals surface area contributed by atoms with Gasteiger partial charge in [0.1, 0.15) is 11.9 Å². The quantitative estimate of drug-likeness (QED) is 0.788. The fraction of sp³-hybridized carbons (Fsp3) is 0.312. The summed E-state index contributed by atoms with van der Waals surface area (Å²) in [6.45, 7) is 1.23. The van der Waals surface area contributed by atoms with Crippen molar-refractivity contribution in [2.24, 2.45) is 0 Å². The maximum atomic E-state index is 13.7. The van der Waals surface area contributed by atoms with E-state index in [2.05, 4.69) is 0 Å². The van der Waals surface area contributed by atoms with Crippen molar-refractivity contribution in [3.63, 3.8) is 0 Å². The van der Waals surface area contributed by atoms with E-state index in [1.807, 2.05) is 0 Å². The molecular formula is C16H15FO3. The van der Waals surface area contributed by atoms with Gasteiger partial charge in [-0.3, -0.25) is 0 Å². The smallest absolute Gasteiger partial charge is 0.339 e. The standard InChI is InChI=1S/C16H15FO3/c17-15-6-5-14(12-3-1-2-4-13(12)15)16(18)20-11-7-9-19-10-8-11/h1-6,11H,7-10H2. The van der Waals surface area contributed by atoms with Crippen LogP contribution in [0.4, 0.5) is 4.39 Å². The Morgan fingerprint density at radius 3 is 2.55 bits per heavy atom. The highest BCUT2D eigenvalue weighted by Gasteiger charge is 2.20. The van der Waals surface area contributed by atoms with E-state index in [0.29, 0.717) is 42.4 Å². The fourth-order valence-corrected chi connectivity index (χ4v) is 2.45. The van der Waals surface area contributed by atoms with Gasteiger partial charge in [0.2, 0.25) is 0 Å². The van der Waals surface area contributed by atoms with E-state index in [0.717, 1.165) is 0 Å². The van der Waals surface area contributed by atoms with Gasteiger partial charge < -0.3 is 9.47 Å². The lowest BCUT2D eigenvalue weighted by molar-refractivity contribution is -0.0157. The summed E-state index contributed by atoms with van der Waals surface area (Å²) in [5.74, 6) is -0.726. The second-order valence-corrected chi connectivity index (χ2v) is 4.86. The van der Waals surface area contributed by atoms with Crippen LogP contribution in [0.5, 0.6) is 0 Å². The summed E-state index contributed by atoms with van der Waals surface area (Å²) in [6, 6.07) is 9.73. The predicted octanol–water partition coefficient (Wildman–Crippen LogP) is 3.31. The van der Waals surface area contributed by atoms with Crippen LogP contribution in [0.1, 0.15) is 23.2 Å². The molecule has 1 aliphatic heterocycles. The minimum atomic E-state index is -0.395. The molecule has 0 unspecified atom stereocenters. The lowest BCUT2D eigenvalue weighted by Gasteiger charge is -2.22. The van der Waals surface area contributed by atoms with Crippen LogP contribution in [0, 0.1) is 5.82 Å². The molecule has 1 aliphatic rings. The maximum absolute atomic E-state index is 13.7. The number of fused-ring (bicyclic) bond motifs is 1. The van der Waals surface area contributed by atoms with Crippen molar-refractivity contribution in [2.75, 3.05) is 13.2 Å². The molecule has 0 aromatic heterocycles. The molecule has 3 nitrogen and oxygen atoms in total. The molecule has 0 saturated carbocycles. The SMILES string of the molecule is O=C(OC1CCOCC1)c1ccc(F)c2ccccc12. The molecule has 0 atom stereocenters.